The van der Waals surface area contributed by atoms with Crippen LogP contribution in [0.25, 0.3) is 0 Å². The number of likely N-dealkylation sites (tertiary alicyclic amines) is 1. The predicted molar refractivity (Wildman–Crippen MR) is 73.2 cm³/mol. The SMILES string of the molecule is CC1(C(N)=O)CCN(Cc2ccsc2C(=O)NN)C1. The zero-order valence-electron chi connectivity index (χ0n) is 10.8. The Morgan fingerprint density at radius 2 is 2.32 bits per heavy atom. The molecular weight excluding hydrogens is 264 g/mol. The van der Waals surface area contributed by atoms with Crippen LogP contribution in [0.5, 0.6) is 0 Å². The normalized spacial score (nSPS) is 23.5. The molecule has 7 heteroatoms. The van der Waals surface area contributed by atoms with Crippen molar-refractivity contribution in [1.82, 2.24) is 10.3 Å². The smallest absolute Gasteiger partial charge is 0.275 e. The number of hydrazine groups is 1. The second-order valence-electron chi connectivity index (χ2n) is 5.13. The van der Waals surface area contributed by atoms with Crippen LogP contribution >= 0.6 is 11.3 Å². The molecule has 1 aromatic rings. The van der Waals surface area contributed by atoms with Crippen LogP contribution in [0.3, 0.4) is 0 Å². The van der Waals surface area contributed by atoms with Crippen LogP contribution in [-0.2, 0) is 11.3 Å². The van der Waals surface area contributed by atoms with E-state index in [1.165, 1.54) is 11.3 Å². The van der Waals surface area contributed by atoms with Gasteiger partial charge in [0, 0.05) is 13.1 Å². The van der Waals surface area contributed by atoms with Crippen LogP contribution in [0, 0.1) is 5.41 Å². The summed E-state index contributed by atoms with van der Waals surface area (Å²) in [7, 11) is 0. The number of rotatable bonds is 4. The first-order valence-electron chi connectivity index (χ1n) is 6.06. The number of hydrogen-bond donors (Lipinski definition) is 3. The van der Waals surface area contributed by atoms with Crippen LogP contribution in [-0.4, -0.2) is 29.8 Å². The van der Waals surface area contributed by atoms with Crippen LogP contribution in [0.15, 0.2) is 11.4 Å². The maximum atomic E-state index is 11.6. The van der Waals surface area contributed by atoms with Gasteiger partial charge in [0.2, 0.25) is 5.91 Å². The molecule has 1 saturated heterocycles. The molecule has 1 unspecified atom stereocenters. The molecule has 19 heavy (non-hydrogen) atoms. The summed E-state index contributed by atoms with van der Waals surface area (Å²) in [5.41, 5.74) is 8.04. The Kier molecular flexibility index (Phi) is 3.88. The highest BCUT2D eigenvalue weighted by molar-refractivity contribution is 7.12. The fourth-order valence-corrected chi connectivity index (χ4v) is 3.18. The molecule has 2 rings (SSSR count). The van der Waals surface area contributed by atoms with Crippen LogP contribution in [0.2, 0.25) is 0 Å². The molecule has 0 radical (unpaired) electrons. The van der Waals surface area contributed by atoms with Crippen molar-refractivity contribution in [2.45, 2.75) is 19.9 Å². The molecule has 6 nitrogen and oxygen atoms in total. The largest absolute Gasteiger partial charge is 0.369 e. The minimum absolute atomic E-state index is 0.264. The lowest BCUT2D eigenvalue weighted by molar-refractivity contribution is -0.126. The Balaban J connectivity index is 2.06. The quantitative estimate of drug-likeness (QED) is 0.412. The van der Waals surface area contributed by atoms with Crippen molar-refractivity contribution in [3.05, 3.63) is 21.9 Å². The second-order valence-corrected chi connectivity index (χ2v) is 6.05. The monoisotopic (exact) mass is 282 g/mol. The molecule has 5 N–H and O–H groups in total. The van der Waals surface area contributed by atoms with Gasteiger partial charge in [0.15, 0.2) is 0 Å². The number of hydrogen-bond acceptors (Lipinski definition) is 5. The van der Waals surface area contributed by atoms with Gasteiger partial charge in [-0.15, -0.1) is 11.3 Å². The Morgan fingerprint density at radius 1 is 1.58 bits per heavy atom. The summed E-state index contributed by atoms with van der Waals surface area (Å²) in [4.78, 5) is 25.8. The van der Waals surface area contributed by atoms with Crippen molar-refractivity contribution in [2.24, 2.45) is 17.0 Å². The number of thiophene rings is 1. The standard InChI is InChI=1S/C12H18N4O2S/c1-12(11(13)18)3-4-16(7-12)6-8-2-5-19-9(8)10(17)15-14/h2,5H,3-4,6-7,14H2,1H3,(H2,13,18)(H,15,17). The zero-order valence-corrected chi connectivity index (χ0v) is 11.6. The lowest BCUT2D eigenvalue weighted by atomic mass is 9.89. The minimum Gasteiger partial charge on any atom is -0.369 e. The van der Waals surface area contributed by atoms with E-state index in [-0.39, 0.29) is 11.8 Å². The average molecular weight is 282 g/mol. The van der Waals surface area contributed by atoms with Gasteiger partial charge in [-0.2, -0.15) is 0 Å². The number of carbonyl (C=O) groups excluding carboxylic acids is 2. The highest BCUT2D eigenvalue weighted by Gasteiger charge is 2.38. The summed E-state index contributed by atoms with van der Waals surface area (Å²) in [6.45, 7) is 3.95. The minimum atomic E-state index is -0.466. The molecule has 0 aromatic carbocycles. The van der Waals surface area contributed by atoms with Crippen LogP contribution < -0.4 is 17.0 Å². The summed E-state index contributed by atoms with van der Waals surface area (Å²) < 4.78 is 0. The molecule has 1 aromatic heterocycles. The van der Waals surface area contributed by atoms with Gasteiger partial charge in [-0.3, -0.25) is 19.9 Å². The first-order valence-corrected chi connectivity index (χ1v) is 6.94. The van der Waals surface area contributed by atoms with E-state index in [1.54, 1.807) is 0 Å². The summed E-state index contributed by atoms with van der Waals surface area (Å²) >= 11 is 1.36. The highest BCUT2D eigenvalue weighted by Crippen LogP contribution is 2.31. The number of amides is 2. The average Bonchev–Trinajstić information content (AvgIpc) is 2.97. The molecular formula is C12H18N4O2S. The fourth-order valence-electron chi connectivity index (χ4n) is 2.36. The number of primary amides is 1. The van der Waals surface area contributed by atoms with Crippen molar-refractivity contribution in [3.8, 4) is 0 Å². The van der Waals surface area contributed by atoms with Crippen LogP contribution in [0.1, 0.15) is 28.6 Å². The van der Waals surface area contributed by atoms with Gasteiger partial charge in [-0.05, 0) is 36.9 Å². The van der Waals surface area contributed by atoms with Gasteiger partial charge in [-0.1, -0.05) is 0 Å². The fraction of sp³-hybridized carbons (Fsp3) is 0.500. The number of carbonyl (C=O) groups is 2. The Labute approximate surface area is 115 Å². The van der Waals surface area contributed by atoms with Gasteiger partial charge in [0.25, 0.3) is 5.91 Å². The van der Waals surface area contributed by atoms with Crippen molar-refractivity contribution in [1.29, 1.82) is 0 Å². The molecule has 2 amide bonds. The molecule has 1 fully saturated rings. The summed E-state index contributed by atoms with van der Waals surface area (Å²) in [5, 5.41) is 1.86. The number of nitrogen functional groups attached to an aromatic ring is 1. The van der Waals surface area contributed by atoms with Gasteiger partial charge in [0.1, 0.15) is 0 Å². The third-order valence-electron chi connectivity index (χ3n) is 3.63. The Hall–Kier alpha value is -1.44. The van der Waals surface area contributed by atoms with E-state index in [1.807, 2.05) is 18.4 Å². The third kappa shape index (κ3) is 2.78. The van der Waals surface area contributed by atoms with E-state index in [9.17, 15) is 9.59 Å². The molecule has 104 valence electrons. The molecule has 0 aliphatic carbocycles. The van der Waals surface area contributed by atoms with Gasteiger partial charge in [0.05, 0.1) is 10.3 Å². The van der Waals surface area contributed by atoms with E-state index in [4.69, 9.17) is 11.6 Å². The maximum Gasteiger partial charge on any atom is 0.275 e. The molecule has 1 aliphatic heterocycles. The van der Waals surface area contributed by atoms with Crippen molar-refractivity contribution in [3.63, 3.8) is 0 Å². The van der Waals surface area contributed by atoms with E-state index in [0.717, 1.165) is 18.5 Å². The van der Waals surface area contributed by atoms with Crippen molar-refractivity contribution in [2.75, 3.05) is 13.1 Å². The summed E-state index contributed by atoms with van der Waals surface area (Å²) in [5.74, 6) is 4.62. The van der Waals surface area contributed by atoms with Crippen LogP contribution in [0.4, 0.5) is 0 Å². The van der Waals surface area contributed by atoms with Gasteiger partial charge < -0.3 is 5.73 Å². The molecule has 2 heterocycles. The van der Waals surface area contributed by atoms with E-state index in [2.05, 4.69) is 10.3 Å². The molecule has 0 spiro atoms. The number of nitrogens with two attached hydrogens (primary N) is 2. The maximum absolute atomic E-state index is 11.6. The van der Waals surface area contributed by atoms with Gasteiger partial charge in [-0.25, -0.2) is 5.84 Å². The topological polar surface area (TPSA) is 101 Å². The lowest BCUT2D eigenvalue weighted by Crippen LogP contribution is -2.37. The second kappa shape index (κ2) is 5.28. The Morgan fingerprint density at radius 3 is 2.89 bits per heavy atom. The summed E-state index contributed by atoms with van der Waals surface area (Å²) in [6, 6.07) is 1.91. The van der Waals surface area contributed by atoms with Gasteiger partial charge >= 0.3 is 0 Å². The molecule has 0 bridgehead atoms. The van der Waals surface area contributed by atoms with Crippen molar-refractivity contribution >= 4 is 23.2 Å². The Bertz CT molecular complexity index is 502. The first kappa shape index (κ1) is 14.0. The van der Waals surface area contributed by atoms with E-state index >= 15 is 0 Å². The third-order valence-corrected chi connectivity index (χ3v) is 4.58. The lowest BCUT2D eigenvalue weighted by Gasteiger charge is -2.21. The predicted octanol–water partition coefficient (Wildman–Crippen LogP) is 0.0489. The molecule has 1 atom stereocenters. The molecule has 0 saturated carbocycles. The number of nitrogens with zero attached hydrogens (tertiary/aromatic N) is 1. The summed E-state index contributed by atoms with van der Waals surface area (Å²) in [6.07, 6.45) is 0.755. The highest BCUT2D eigenvalue weighted by atomic mass is 32.1. The first-order chi connectivity index (χ1) is 8.96. The molecule has 1 aliphatic rings. The van der Waals surface area contributed by atoms with E-state index in [0.29, 0.717) is 18.0 Å². The number of nitrogens with one attached hydrogen (secondary N) is 1. The van der Waals surface area contributed by atoms with E-state index < -0.39 is 5.41 Å². The zero-order chi connectivity index (χ0) is 14.0. The van der Waals surface area contributed by atoms with Crippen molar-refractivity contribution < 1.29 is 9.59 Å².